The van der Waals surface area contributed by atoms with Crippen molar-refractivity contribution in [2.24, 2.45) is 5.92 Å². The van der Waals surface area contributed by atoms with E-state index in [1.165, 1.54) is 50.9 Å². The number of rotatable bonds is 4. The number of aryl methyl sites for hydroxylation is 1. The second kappa shape index (κ2) is 6.09. The first kappa shape index (κ1) is 12.5. The first-order valence-corrected chi connectivity index (χ1v) is 7.14. The van der Waals surface area contributed by atoms with Crippen LogP contribution in [0.3, 0.4) is 0 Å². The largest absolute Gasteiger partial charge is 0.371 e. The summed E-state index contributed by atoms with van der Waals surface area (Å²) < 4.78 is 0. The smallest absolute Gasteiger partial charge is 0.0398 e. The lowest BCUT2D eigenvalue weighted by molar-refractivity contribution is 0.438. The molecule has 0 aromatic heterocycles. The lowest BCUT2D eigenvalue weighted by atomic mass is 9.97. The Hall–Kier alpha value is -0.980. The maximum atomic E-state index is 2.59. The normalized spacial score (nSPS) is 17.4. The molecule has 1 saturated heterocycles. The van der Waals surface area contributed by atoms with Gasteiger partial charge in [0, 0.05) is 18.8 Å². The predicted molar refractivity (Wildman–Crippen MR) is 75.7 cm³/mol. The van der Waals surface area contributed by atoms with Crippen molar-refractivity contribution < 1.29 is 0 Å². The Morgan fingerprint density at radius 2 is 1.88 bits per heavy atom. The Bertz CT molecular complexity index is 337. The van der Waals surface area contributed by atoms with Crippen LogP contribution in [0.2, 0.25) is 0 Å². The van der Waals surface area contributed by atoms with E-state index in [-0.39, 0.29) is 0 Å². The molecule has 2 rings (SSSR count). The molecule has 0 N–H and O–H groups in total. The Morgan fingerprint density at radius 3 is 2.59 bits per heavy atom. The molecule has 94 valence electrons. The third kappa shape index (κ3) is 3.24. The van der Waals surface area contributed by atoms with Gasteiger partial charge < -0.3 is 4.90 Å². The molecule has 0 amide bonds. The minimum atomic E-state index is 0.911. The number of para-hydroxylation sites is 1. The molecule has 0 spiro atoms. The van der Waals surface area contributed by atoms with Gasteiger partial charge in [0.25, 0.3) is 0 Å². The van der Waals surface area contributed by atoms with E-state index in [0.29, 0.717) is 0 Å². The fourth-order valence-corrected chi connectivity index (χ4v) is 2.65. The van der Waals surface area contributed by atoms with Gasteiger partial charge >= 0.3 is 0 Å². The van der Waals surface area contributed by atoms with Gasteiger partial charge in [0.05, 0.1) is 0 Å². The molecule has 1 aromatic rings. The van der Waals surface area contributed by atoms with Crippen LogP contribution in [0.1, 0.15) is 45.1 Å². The van der Waals surface area contributed by atoms with Crippen LogP contribution in [0.5, 0.6) is 0 Å². The van der Waals surface area contributed by atoms with E-state index in [1.54, 1.807) is 5.56 Å². The summed E-state index contributed by atoms with van der Waals surface area (Å²) >= 11 is 0. The van der Waals surface area contributed by atoms with Crippen molar-refractivity contribution >= 4 is 5.69 Å². The minimum Gasteiger partial charge on any atom is -0.371 e. The van der Waals surface area contributed by atoms with Crippen molar-refractivity contribution in [3.8, 4) is 0 Å². The fourth-order valence-electron chi connectivity index (χ4n) is 2.65. The number of anilines is 1. The Labute approximate surface area is 106 Å². The zero-order valence-electron chi connectivity index (χ0n) is 11.3. The van der Waals surface area contributed by atoms with Crippen molar-refractivity contribution in [2.75, 3.05) is 18.0 Å². The molecule has 1 aliphatic heterocycles. The highest BCUT2D eigenvalue weighted by Crippen LogP contribution is 2.27. The van der Waals surface area contributed by atoms with Gasteiger partial charge in [0.15, 0.2) is 0 Å². The zero-order valence-corrected chi connectivity index (χ0v) is 11.3. The van der Waals surface area contributed by atoms with Gasteiger partial charge in [-0.05, 0) is 43.2 Å². The molecular weight excluding hydrogens is 206 g/mol. The number of hydrogen-bond donors (Lipinski definition) is 0. The van der Waals surface area contributed by atoms with Gasteiger partial charge in [-0.2, -0.15) is 0 Å². The van der Waals surface area contributed by atoms with Crippen LogP contribution >= 0.6 is 0 Å². The summed E-state index contributed by atoms with van der Waals surface area (Å²) in [7, 11) is 0. The molecule has 0 bridgehead atoms. The lowest BCUT2D eigenvalue weighted by Gasteiger charge is -2.33. The summed E-state index contributed by atoms with van der Waals surface area (Å²) in [5.41, 5.74) is 3.04. The van der Waals surface area contributed by atoms with Gasteiger partial charge in [0.2, 0.25) is 0 Å². The standard InChI is InChI=1S/C16H25N/c1-3-4-7-15-8-5-6-9-16(15)17-12-10-14(2)11-13-17/h5-6,8-9,14H,3-4,7,10-13H2,1-2H3. The third-order valence-electron chi connectivity index (χ3n) is 3.92. The number of nitrogens with zero attached hydrogens (tertiary/aromatic N) is 1. The van der Waals surface area contributed by atoms with Crippen LogP contribution in [-0.4, -0.2) is 13.1 Å². The molecule has 1 aliphatic rings. The maximum Gasteiger partial charge on any atom is 0.0398 e. The van der Waals surface area contributed by atoms with Crippen LogP contribution in [0.4, 0.5) is 5.69 Å². The molecule has 0 unspecified atom stereocenters. The molecule has 0 saturated carbocycles. The van der Waals surface area contributed by atoms with Crippen molar-refractivity contribution in [3.63, 3.8) is 0 Å². The van der Waals surface area contributed by atoms with Gasteiger partial charge in [-0.15, -0.1) is 0 Å². The zero-order chi connectivity index (χ0) is 12.1. The molecule has 1 nitrogen and oxygen atoms in total. The molecule has 1 aromatic carbocycles. The summed E-state index contributed by atoms with van der Waals surface area (Å²) in [4.78, 5) is 2.59. The second-order valence-corrected chi connectivity index (χ2v) is 5.40. The average molecular weight is 231 g/mol. The van der Waals surface area contributed by atoms with Crippen molar-refractivity contribution in [3.05, 3.63) is 29.8 Å². The van der Waals surface area contributed by atoms with Crippen molar-refractivity contribution in [1.29, 1.82) is 0 Å². The van der Waals surface area contributed by atoms with Crippen molar-refractivity contribution in [1.82, 2.24) is 0 Å². The first-order valence-electron chi connectivity index (χ1n) is 7.14. The fraction of sp³-hybridized carbons (Fsp3) is 0.625. The van der Waals surface area contributed by atoms with E-state index < -0.39 is 0 Å². The van der Waals surface area contributed by atoms with Crippen LogP contribution in [0.15, 0.2) is 24.3 Å². The number of benzene rings is 1. The van der Waals surface area contributed by atoms with E-state index in [0.717, 1.165) is 5.92 Å². The molecular formula is C16H25N. The SMILES string of the molecule is CCCCc1ccccc1N1CCC(C)CC1. The molecule has 1 heteroatoms. The molecule has 0 aliphatic carbocycles. The van der Waals surface area contributed by atoms with Gasteiger partial charge in [0.1, 0.15) is 0 Å². The van der Waals surface area contributed by atoms with E-state index in [9.17, 15) is 0 Å². The van der Waals surface area contributed by atoms with E-state index in [2.05, 4.69) is 43.0 Å². The van der Waals surface area contributed by atoms with Gasteiger partial charge in [-0.3, -0.25) is 0 Å². The highest BCUT2D eigenvalue weighted by Gasteiger charge is 2.17. The molecule has 1 fully saturated rings. The van der Waals surface area contributed by atoms with Crippen molar-refractivity contribution in [2.45, 2.75) is 46.0 Å². The van der Waals surface area contributed by atoms with Gasteiger partial charge in [-0.1, -0.05) is 38.5 Å². The maximum absolute atomic E-state index is 2.59. The molecule has 0 radical (unpaired) electrons. The number of hydrogen-bond acceptors (Lipinski definition) is 1. The summed E-state index contributed by atoms with van der Waals surface area (Å²) in [5.74, 6) is 0.911. The Kier molecular flexibility index (Phi) is 4.47. The summed E-state index contributed by atoms with van der Waals surface area (Å²) in [5, 5.41) is 0. The third-order valence-corrected chi connectivity index (χ3v) is 3.92. The van der Waals surface area contributed by atoms with E-state index >= 15 is 0 Å². The number of unbranched alkanes of at least 4 members (excludes halogenated alkanes) is 1. The summed E-state index contributed by atoms with van der Waals surface area (Å²) in [6, 6.07) is 8.98. The summed E-state index contributed by atoms with van der Waals surface area (Å²) in [6.45, 7) is 7.13. The highest BCUT2D eigenvalue weighted by molar-refractivity contribution is 5.54. The van der Waals surface area contributed by atoms with Crippen LogP contribution < -0.4 is 4.90 Å². The quantitative estimate of drug-likeness (QED) is 0.748. The topological polar surface area (TPSA) is 3.24 Å². The van der Waals surface area contributed by atoms with Gasteiger partial charge in [-0.25, -0.2) is 0 Å². The summed E-state index contributed by atoms with van der Waals surface area (Å²) in [6.07, 6.45) is 6.52. The van der Waals surface area contributed by atoms with E-state index in [1.807, 2.05) is 0 Å². The predicted octanol–water partition coefficient (Wildman–Crippen LogP) is 4.27. The highest BCUT2D eigenvalue weighted by atomic mass is 15.1. The molecule has 1 heterocycles. The monoisotopic (exact) mass is 231 g/mol. The minimum absolute atomic E-state index is 0.911. The van der Waals surface area contributed by atoms with Crippen LogP contribution in [0, 0.1) is 5.92 Å². The van der Waals surface area contributed by atoms with Crippen LogP contribution in [0.25, 0.3) is 0 Å². The number of piperidine rings is 1. The molecule has 0 atom stereocenters. The lowest BCUT2D eigenvalue weighted by Crippen LogP contribution is -2.33. The Balaban J connectivity index is 2.08. The van der Waals surface area contributed by atoms with E-state index in [4.69, 9.17) is 0 Å². The second-order valence-electron chi connectivity index (χ2n) is 5.40. The van der Waals surface area contributed by atoms with Crippen LogP contribution in [-0.2, 0) is 6.42 Å². The molecule has 17 heavy (non-hydrogen) atoms. The Morgan fingerprint density at radius 1 is 1.18 bits per heavy atom. The average Bonchev–Trinajstić information content (AvgIpc) is 2.38. The first-order chi connectivity index (χ1) is 8.31.